The molecule has 16 heavy (non-hydrogen) atoms. The molecular weight excluding hydrogens is 200 g/mol. The molecule has 0 aromatic carbocycles. The number of hydrogen-bond donors (Lipinski definition) is 1. The lowest BCUT2D eigenvalue weighted by Crippen LogP contribution is -2.18. The van der Waals surface area contributed by atoms with Crippen molar-refractivity contribution in [2.75, 3.05) is 20.3 Å². The lowest BCUT2D eigenvalue weighted by molar-refractivity contribution is 0.122. The first-order valence-electron chi connectivity index (χ1n) is 6.03. The van der Waals surface area contributed by atoms with E-state index in [1.165, 1.54) is 12.0 Å². The average molecular weight is 222 g/mol. The van der Waals surface area contributed by atoms with Gasteiger partial charge < -0.3 is 10.1 Å². The van der Waals surface area contributed by atoms with Crippen LogP contribution >= 0.6 is 0 Å². The van der Waals surface area contributed by atoms with E-state index in [1.54, 1.807) is 0 Å². The largest absolute Gasteiger partial charge is 0.381 e. The first-order chi connectivity index (χ1) is 7.88. The maximum absolute atomic E-state index is 5.57. The molecule has 0 radical (unpaired) electrons. The molecule has 3 nitrogen and oxygen atoms in total. The summed E-state index contributed by atoms with van der Waals surface area (Å²) in [7, 11) is 1.98. The average Bonchev–Trinajstić information content (AvgIpc) is 2.35. The standard InChI is InChI=1S/C13H22N2O/c1-3-4-10-16-11-7-13(14-2)12-5-8-15-9-6-12/h5-6,8-9,13-14H,3-4,7,10-11H2,1-2H3. The Morgan fingerprint density at radius 3 is 2.69 bits per heavy atom. The van der Waals surface area contributed by atoms with Gasteiger partial charge in [-0.05, 0) is 37.6 Å². The van der Waals surface area contributed by atoms with E-state index in [0.717, 1.165) is 26.1 Å². The summed E-state index contributed by atoms with van der Waals surface area (Å²) in [6.45, 7) is 3.87. The Balaban J connectivity index is 2.27. The van der Waals surface area contributed by atoms with Gasteiger partial charge in [-0.25, -0.2) is 0 Å². The molecule has 0 amide bonds. The fraction of sp³-hybridized carbons (Fsp3) is 0.615. The number of nitrogens with one attached hydrogen (secondary N) is 1. The van der Waals surface area contributed by atoms with Crippen LogP contribution in [0.2, 0.25) is 0 Å². The van der Waals surface area contributed by atoms with Crippen LogP contribution in [-0.2, 0) is 4.74 Å². The van der Waals surface area contributed by atoms with E-state index in [1.807, 2.05) is 31.6 Å². The van der Waals surface area contributed by atoms with Crippen molar-refractivity contribution in [3.8, 4) is 0 Å². The van der Waals surface area contributed by atoms with Gasteiger partial charge in [0.25, 0.3) is 0 Å². The summed E-state index contributed by atoms with van der Waals surface area (Å²) in [6.07, 6.45) is 7.01. The van der Waals surface area contributed by atoms with Gasteiger partial charge in [0.15, 0.2) is 0 Å². The van der Waals surface area contributed by atoms with Crippen molar-refractivity contribution in [3.05, 3.63) is 30.1 Å². The van der Waals surface area contributed by atoms with Gasteiger partial charge in [0.05, 0.1) is 0 Å². The molecule has 0 fully saturated rings. The summed E-state index contributed by atoms with van der Waals surface area (Å²) in [5.74, 6) is 0. The number of unbranched alkanes of at least 4 members (excludes halogenated alkanes) is 1. The molecular formula is C13H22N2O. The topological polar surface area (TPSA) is 34.1 Å². The lowest BCUT2D eigenvalue weighted by atomic mass is 10.1. The third-order valence-electron chi connectivity index (χ3n) is 2.65. The van der Waals surface area contributed by atoms with Crippen molar-refractivity contribution < 1.29 is 4.74 Å². The molecule has 1 N–H and O–H groups in total. The highest BCUT2D eigenvalue weighted by molar-refractivity contribution is 5.14. The van der Waals surface area contributed by atoms with Crippen molar-refractivity contribution in [2.45, 2.75) is 32.2 Å². The van der Waals surface area contributed by atoms with Crippen LogP contribution in [0.4, 0.5) is 0 Å². The van der Waals surface area contributed by atoms with Gasteiger partial charge in [0, 0.05) is 31.6 Å². The minimum Gasteiger partial charge on any atom is -0.381 e. The second-order valence-corrected chi connectivity index (χ2v) is 3.88. The van der Waals surface area contributed by atoms with Gasteiger partial charge in [-0.1, -0.05) is 13.3 Å². The van der Waals surface area contributed by atoms with Crippen molar-refractivity contribution in [1.29, 1.82) is 0 Å². The zero-order valence-corrected chi connectivity index (χ0v) is 10.3. The van der Waals surface area contributed by atoms with E-state index < -0.39 is 0 Å². The van der Waals surface area contributed by atoms with Gasteiger partial charge in [0.2, 0.25) is 0 Å². The van der Waals surface area contributed by atoms with Crippen LogP contribution < -0.4 is 5.32 Å². The highest BCUT2D eigenvalue weighted by Crippen LogP contribution is 2.14. The summed E-state index contributed by atoms with van der Waals surface area (Å²) < 4.78 is 5.57. The Labute approximate surface area is 98.2 Å². The van der Waals surface area contributed by atoms with E-state index in [-0.39, 0.29) is 0 Å². The van der Waals surface area contributed by atoms with Gasteiger partial charge >= 0.3 is 0 Å². The van der Waals surface area contributed by atoms with Crippen molar-refractivity contribution >= 4 is 0 Å². The molecule has 0 aliphatic carbocycles. The molecule has 3 heteroatoms. The molecule has 1 heterocycles. The summed E-state index contributed by atoms with van der Waals surface area (Å²) in [4.78, 5) is 4.02. The van der Waals surface area contributed by atoms with Crippen molar-refractivity contribution in [1.82, 2.24) is 10.3 Å². The van der Waals surface area contributed by atoms with Crippen LogP contribution in [0.15, 0.2) is 24.5 Å². The number of ether oxygens (including phenoxy) is 1. The van der Waals surface area contributed by atoms with E-state index >= 15 is 0 Å². The molecule has 0 aliphatic rings. The third-order valence-corrected chi connectivity index (χ3v) is 2.65. The predicted molar refractivity (Wildman–Crippen MR) is 66.4 cm³/mol. The quantitative estimate of drug-likeness (QED) is 0.686. The van der Waals surface area contributed by atoms with Crippen molar-refractivity contribution in [2.24, 2.45) is 0 Å². The Morgan fingerprint density at radius 1 is 1.31 bits per heavy atom. The van der Waals surface area contributed by atoms with Crippen molar-refractivity contribution in [3.63, 3.8) is 0 Å². The molecule has 0 saturated heterocycles. The Morgan fingerprint density at radius 2 is 2.06 bits per heavy atom. The molecule has 0 saturated carbocycles. The van der Waals surface area contributed by atoms with Crippen LogP contribution in [0, 0.1) is 0 Å². The van der Waals surface area contributed by atoms with E-state index in [0.29, 0.717) is 6.04 Å². The van der Waals surface area contributed by atoms with Crippen LogP contribution in [-0.4, -0.2) is 25.2 Å². The Kier molecular flexibility index (Phi) is 6.77. The maximum Gasteiger partial charge on any atom is 0.0484 e. The normalized spacial score (nSPS) is 12.6. The molecule has 0 bridgehead atoms. The second kappa shape index (κ2) is 8.25. The minimum atomic E-state index is 0.365. The highest BCUT2D eigenvalue weighted by Gasteiger charge is 2.07. The molecule has 1 unspecified atom stereocenters. The summed E-state index contributed by atoms with van der Waals surface area (Å²) in [5.41, 5.74) is 1.27. The van der Waals surface area contributed by atoms with Gasteiger partial charge in [-0.3, -0.25) is 4.98 Å². The van der Waals surface area contributed by atoms with Gasteiger partial charge in [-0.15, -0.1) is 0 Å². The first-order valence-corrected chi connectivity index (χ1v) is 6.03. The molecule has 1 aromatic rings. The van der Waals surface area contributed by atoms with E-state index in [9.17, 15) is 0 Å². The third kappa shape index (κ3) is 4.73. The second-order valence-electron chi connectivity index (χ2n) is 3.88. The first kappa shape index (κ1) is 13.1. The zero-order valence-electron chi connectivity index (χ0n) is 10.3. The number of hydrogen-bond acceptors (Lipinski definition) is 3. The summed E-state index contributed by atoms with van der Waals surface area (Å²) in [6, 6.07) is 4.46. The molecule has 1 rings (SSSR count). The predicted octanol–water partition coefficient (Wildman–Crippen LogP) is 2.55. The Hall–Kier alpha value is -0.930. The smallest absolute Gasteiger partial charge is 0.0484 e. The minimum absolute atomic E-state index is 0.365. The fourth-order valence-corrected chi connectivity index (χ4v) is 1.62. The number of pyridine rings is 1. The highest BCUT2D eigenvalue weighted by atomic mass is 16.5. The Bertz CT molecular complexity index is 264. The van der Waals surface area contributed by atoms with E-state index in [2.05, 4.69) is 17.2 Å². The maximum atomic E-state index is 5.57. The molecule has 90 valence electrons. The van der Waals surface area contributed by atoms with Crippen LogP contribution in [0.5, 0.6) is 0 Å². The SMILES string of the molecule is CCCCOCCC(NC)c1ccncc1. The monoisotopic (exact) mass is 222 g/mol. The van der Waals surface area contributed by atoms with Gasteiger partial charge in [-0.2, -0.15) is 0 Å². The van der Waals surface area contributed by atoms with Crippen LogP contribution in [0.3, 0.4) is 0 Å². The molecule has 0 aliphatic heterocycles. The molecule has 1 aromatic heterocycles. The molecule has 0 spiro atoms. The van der Waals surface area contributed by atoms with Crippen LogP contribution in [0.1, 0.15) is 37.8 Å². The summed E-state index contributed by atoms with van der Waals surface area (Å²) in [5, 5.41) is 3.30. The van der Waals surface area contributed by atoms with Crippen LogP contribution in [0.25, 0.3) is 0 Å². The lowest BCUT2D eigenvalue weighted by Gasteiger charge is -2.16. The number of nitrogens with zero attached hydrogens (tertiary/aromatic N) is 1. The zero-order chi connectivity index (χ0) is 11.6. The fourth-order valence-electron chi connectivity index (χ4n) is 1.62. The van der Waals surface area contributed by atoms with E-state index in [4.69, 9.17) is 4.74 Å². The molecule has 1 atom stereocenters. The summed E-state index contributed by atoms with van der Waals surface area (Å²) >= 11 is 0. The van der Waals surface area contributed by atoms with Gasteiger partial charge in [0.1, 0.15) is 0 Å². The number of rotatable bonds is 8. The number of aromatic nitrogens is 1.